The Labute approximate surface area is 121 Å². The van der Waals surface area contributed by atoms with Crippen molar-refractivity contribution in [3.8, 4) is 0 Å². The van der Waals surface area contributed by atoms with Gasteiger partial charge in [0.25, 0.3) is 0 Å². The van der Waals surface area contributed by atoms with E-state index < -0.39 is 0 Å². The number of aryl methyl sites for hydroxylation is 2. The van der Waals surface area contributed by atoms with E-state index in [4.69, 9.17) is 4.74 Å². The van der Waals surface area contributed by atoms with Crippen LogP contribution in [-0.4, -0.2) is 19.8 Å². The lowest BCUT2D eigenvalue weighted by atomic mass is 9.85. The Balaban J connectivity index is 2.29. The molecular weight excluding hydrogens is 253 g/mol. The molecule has 0 saturated carbocycles. The maximum atomic E-state index is 14.5. The molecule has 1 aliphatic rings. The summed E-state index contributed by atoms with van der Waals surface area (Å²) in [6, 6.07) is 3.78. The summed E-state index contributed by atoms with van der Waals surface area (Å²) in [6.45, 7) is 8.57. The first-order chi connectivity index (χ1) is 9.63. The van der Waals surface area contributed by atoms with Gasteiger partial charge in [-0.25, -0.2) is 4.39 Å². The molecule has 2 rings (SSSR count). The fraction of sp³-hybridized carbons (Fsp3) is 0.647. The molecule has 1 heterocycles. The summed E-state index contributed by atoms with van der Waals surface area (Å²) in [6.07, 6.45) is 3.23. The molecular formula is C17H26FNO. The molecule has 1 aromatic rings. The molecule has 0 aliphatic carbocycles. The molecule has 2 unspecified atom stereocenters. The molecule has 0 spiro atoms. The Hall–Kier alpha value is -0.930. The first kappa shape index (κ1) is 15.5. The zero-order valence-electron chi connectivity index (χ0n) is 12.8. The first-order valence-electron chi connectivity index (χ1n) is 7.71. The quantitative estimate of drug-likeness (QED) is 0.882. The molecule has 0 amide bonds. The molecule has 1 aromatic carbocycles. The lowest BCUT2D eigenvalue weighted by molar-refractivity contribution is 0.0384. The summed E-state index contributed by atoms with van der Waals surface area (Å²) in [4.78, 5) is 0. The molecule has 2 nitrogen and oxygen atoms in total. The lowest BCUT2D eigenvalue weighted by Gasteiger charge is -2.32. The topological polar surface area (TPSA) is 21.3 Å². The average molecular weight is 279 g/mol. The van der Waals surface area contributed by atoms with Gasteiger partial charge in [0.2, 0.25) is 0 Å². The van der Waals surface area contributed by atoms with Gasteiger partial charge in [0.1, 0.15) is 5.82 Å². The first-order valence-corrected chi connectivity index (χ1v) is 7.71. The van der Waals surface area contributed by atoms with E-state index in [1.165, 1.54) is 0 Å². The van der Waals surface area contributed by atoms with Crippen LogP contribution in [0.3, 0.4) is 0 Å². The van der Waals surface area contributed by atoms with Gasteiger partial charge in [-0.05, 0) is 56.8 Å². The number of benzene rings is 1. The second-order valence-electron chi connectivity index (χ2n) is 5.89. The van der Waals surface area contributed by atoms with Crippen LogP contribution >= 0.6 is 0 Å². The fourth-order valence-electron chi connectivity index (χ4n) is 3.15. The number of ether oxygens (including phenoxy) is 1. The second kappa shape index (κ2) is 7.19. The summed E-state index contributed by atoms with van der Waals surface area (Å²) >= 11 is 0. The van der Waals surface area contributed by atoms with E-state index >= 15 is 0 Å². The summed E-state index contributed by atoms with van der Waals surface area (Å²) in [5, 5.41) is 3.54. The third-order valence-electron chi connectivity index (χ3n) is 4.07. The zero-order chi connectivity index (χ0) is 14.5. The van der Waals surface area contributed by atoms with Crippen molar-refractivity contribution in [2.24, 2.45) is 5.92 Å². The van der Waals surface area contributed by atoms with E-state index in [0.29, 0.717) is 5.92 Å². The minimum atomic E-state index is -0.0818. The van der Waals surface area contributed by atoms with Crippen LogP contribution in [0.4, 0.5) is 4.39 Å². The third-order valence-corrected chi connectivity index (χ3v) is 4.07. The van der Waals surface area contributed by atoms with Crippen molar-refractivity contribution in [1.29, 1.82) is 0 Å². The highest BCUT2D eigenvalue weighted by atomic mass is 19.1. The van der Waals surface area contributed by atoms with Crippen LogP contribution in [0.15, 0.2) is 12.1 Å². The maximum absolute atomic E-state index is 14.5. The molecule has 2 atom stereocenters. The largest absolute Gasteiger partial charge is 0.381 e. The van der Waals surface area contributed by atoms with Gasteiger partial charge in [-0.3, -0.25) is 0 Å². The van der Waals surface area contributed by atoms with Gasteiger partial charge in [-0.2, -0.15) is 0 Å². The molecule has 1 aliphatic heterocycles. The van der Waals surface area contributed by atoms with Crippen LogP contribution in [-0.2, 0) is 4.74 Å². The van der Waals surface area contributed by atoms with Crippen molar-refractivity contribution in [1.82, 2.24) is 5.32 Å². The van der Waals surface area contributed by atoms with E-state index in [0.717, 1.165) is 55.7 Å². The van der Waals surface area contributed by atoms with Crippen molar-refractivity contribution >= 4 is 0 Å². The van der Waals surface area contributed by atoms with E-state index in [1.54, 1.807) is 6.07 Å². The summed E-state index contributed by atoms with van der Waals surface area (Å²) < 4.78 is 20.1. The van der Waals surface area contributed by atoms with Crippen molar-refractivity contribution in [2.75, 3.05) is 19.8 Å². The Morgan fingerprint density at radius 3 is 2.80 bits per heavy atom. The highest BCUT2D eigenvalue weighted by Crippen LogP contribution is 2.33. The third kappa shape index (κ3) is 3.58. The Bertz CT molecular complexity index is 418. The van der Waals surface area contributed by atoms with Gasteiger partial charge in [-0.15, -0.1) is 0 Å². The van der Waals surface area contributed by atoms with E-state index in [-0.39, 0.29) is 11.9 Å². The maximum Gasteiger partial charge on any atom is 0.128 e. The highest BCUT2D eigenvalue weighted by Gasteiger charge is 2.28. The monoisotopic (exact) mass is 279 g/mol. The Kier molecular flexibility index (Phi) is 5.55. The molecule has 0 aromatic heterocycles. The van der Waals surface area contributed by atoms with Gasteiger partial charge in [0.05, 0.1) is 6.61 Å². The van der Waals surface area contributed by atoms with Crippen LogP contribution in [0.1, 0.15) is 48.9 Å². The minimum Gasteiger partial charge on any atom is -0.381 e. The SMILES string of the molecule is CCCNC(c1c(C)cc(C)cc1F)C1CCCOC1. The molecule has 112 valence electrons. The van der Waals surface area contributed by atoms with Crippen LogP contribution in [0.5, 0.6) is 0 Å². The molecule has 1 N–H and O–H groups in total. The second-order valence-corrected chi connectivity index (χ2v) is 5.89. The van der Waals surface area contributed by atoms with Gasteiger partial charge in [0.15, 0.2) is 0 Å². The fourth-order valence-corrected chi connectivity index (χ4v) is 3.15. The molecule has 1 fully saturated rings. The van der Waals surface area contributed by atoms with Crippen molar-refractivity contribution in [3.05, 3.63) is 34.6 Å². The minimum absolute atomic E-state index is 0.0656. The molecule has 0 bridgehead atoms. The molecule has 0 radical (unpaired) electrons. The average Bonchev–Trinajstić information content (AvgIpc) is 2.42. The summed E-state index contributed by atoms with van der Waals surface area (Å²) in [7, 11) is 0. The Morgan fingerprint density at radius 1 is 1.40 bits per heavy atom. The summed E-state index contributed by atoms with van der Waals surface area (Å²) in [5.41, 5.74) is 2.86. The number of hydrogen-bond acceptors (Lipinski definition) is 2. The standard InChI is InChI=1S/C17H26FNO/c1-4-7-19-17(14-6-5-8-20-11-14)16-13(3)9-12(2)10-15(16)18/h9-10,14,17,19H,4-8,11H2,1-3H3. The van der Waals surface area contributed by atoms with Gasteiger partial charge >= 0.3 is 0 Å². The van der Waals surface area contributed by atoms with Crippen LogP contribution < -0.4 is 5.32 Å². The zero-order valence-corrected chi connectivity index (χ0v) is 12.8. The molecule has 1 saturated heterocycles. The number of rotatable bonds is 5. The predicted molar refractivity (Wildman–Crippen MR) is 80.5 cm³/mol. The Morgan fingerprint density at radius 2 is 2.20 bits per heavy atom. The van der Waals surface area contributed by atoms with Gasteiger partial charge in [-0.1, -0.05) is 13.0 Å². The highest BCUT2D eigenvalue weighted by molar-refractivity contribution is 5.35. The lowest BCUT2D eigenvalue weighted by Crippen LogP contribution is -2.35. The van der Waals surface area contributed by atoms with Crippen LogP contribution in [0, 0.1) is 25.6 Å². The number of hydrogen-bond donors (Lipinski definition) is 1. The van der Waals surface area contributed by atoms with Gasteiger partial charge in [0, 0.05) is 24.1 Å². The van der Waals surface area contributed by atoms with Crippen LogP contribution in [0.25, 0.3) is 0 Å². The van der Waals surface area contributed by atoms with E-state index in [2.05, 4.69) is 18.3 Å². The van der Waals surface area contributed by atoms with Crippen molar-refractivity contribution < 1.29 is 9.13 Å². The molecule has 20 heavy (non-hydrogen) atoms. The van der Waals surface area contributed by atoms with Crippen LogP contribution in [0.2, 0.25) is 0 Å². The smallest absolute Gasteiger partial charge is 0.128 e. The number of nitrogens with one attached hydrogen (secondary N) is 1. The van der Waals surface area contributed by atoms with Crippen molar-refractivity contribution in [2.45, 2.75) is 46.1 Å². The van der Waals surface area contributed by atoms with E-state index in [1.807, 2.05) is 13.8 Å². The number of halogens is 1. The van der Waals surface area contributed by atoms with Crippen molar-refractivity contribution in [3.63, 3.8) is 0 Å². The van der Waals surface area contributed by atoms with Gasteiger partial charge < -0.3 is 10.1 Å². The predicted octanol–water partition coefficient (Wildman–Crippen LogP) is 3.91. The molecule has 3 heteroatoms. The van der Waals surface area contributed by atoms with E-state index in [9.17, 15) is 4.39 Å². The normalized spacial score (nSPS) is 20.9. The summed E-state index contributed by atoms with van der Waals surface area (Å²) in [5.74, 6) is 0.285.